The number of carboxylic acids is 2. The second-order valence-corrected chi connectivity index (χ2v) is 6.15. The van der Waals surface area contributed by atoms with Crippen molar-refractivity contribution in [2.24, 2.45) is 0 Å². The van der Waals surface area contributed by atoms with E-state index in [9.17, 15) is 19.5 Å². The molecule has 1 unspecified atom stereocenters. The first-order chi connectivity index (χ1) is 12.5. The first-order valence-electron chi connectivity index (χ1n) is 8.25. The van der Waals surface area contributed by atoms with Gasteiger partial charge in [0.05, 0.1) is 0 Å². The molecule has 1 atom stereocenters. The van der Waals surface area contributed by atoms with E-state index in [1.165, 1.54) is 0 Å². The maximum atomic E-state index is 11.8. The maximum absolute atomic E-state index is 11.8. The van der Waals surface area contributed by atoms with Gasteiger partial charge in [-0.05, 0) is 38.1 Å². The minimum absolute atomic E-state index is 0.485. The standard InChI is InChI=1S/C18H19N3O5/c22-15(5-6-16(23)24)20-11-3-4-12-13(10-19-14(12)9-11)17(18(25)26)21-7-1-2-8-21/h3-6,9-10,17,19H,1-2,7-8H2,(H,20,22)(H,23,24)(H,25,26)/b6-5+. The third kappa shape index (κ3) is 3.75. The number of nitrogens with zero attached hydrogens (tertiary/aromatic N) is 1. The summed E-state index contributed by atoms with van der Waals surface area (Å²) in [5.74, 6) is -2.64. The lowest BCUT2D eigenvalue weighted by molar-refractivity contribution is -0.143. The number of nitrogens with one attached hydrogen (secondary N) is 2. The molecule has 4 N–H and O–H groups in total. The topological polar surface area (TPSA) is 123 Å². The first kappa shape index (κ1) is 17.7. The summed E-state index contributed by atoms with van der Waals surface area (Å²) in [5.41, 5.74) is 1.88. The molecule has 0 bridgehead atoms. The molecule has 26 heavy (non-hydrogen) atoms. The Morgan fingerprint density at radius 2 is 1.88 bits per heavy atom. The highest BCUT2D eigenvalue weighted by Gasteiger charge is 2.31. The average molecular weight is 357 g/mol. The highest BCUT2D eigenvalue weighted by atomic mass is 16.4. The zero-order valence-corrected chi connectivity index (χ0v) is 13.9. The van der Waals surface area contributed by atoms with Crippen molar-refractivity contribution in [1.82, 2.24) is 9.88 Å². The Kier molecular flexibility index (Phi) is 5.04. The van der Waals surface area contributed by atoms with Crippen LogP contribution in [-0.2, 0) is 14.4 Å². The van der Waals surface area contributed by atoms with Crippen LogP contribution in [0.2, 0.25) is 0 Å². The number of benzene rings is 1. The van der Waals surface area contributed by atoms with Gasteiger partial charge in [-0.15, -0.1) is 0 Å². The molecule has 1 aliphatic heterocycles. The van der Waals surface area contributed by atoms with Gasteiger partial charge in [0.2, 0.25) is 5.91 Å². The third-order valence-electron chi connectivity index (χ3n) is 4.39. The zero-order valence-electron chi connectivity index (χ0n) is 13.9. The molecule has 1 aromatic heterocycles. The molecule has 1 aliphatic rings. The molecule has 8 nitrogen and oxygen atoms in total. The number of aliphatic carboxylic acids is 2. The molecule has 0 aliphatic carbocycles. The largest absolute Gasteiger partial charge is 0.480 e. The van der Waals surface area contributed by atoms with Gasteiger partial charge >= 0.3 is 11.9 Å². The van der Waals surface area contributed by atoms with Gasteiger partial charge in [0, 0.05) is 40.5 Å². The van der Waals surface area contributed by atoms with E-state index in [0.717, 1.165) is 43.5 Å². The average Bonchev–Trinajstić information content (AvgIpc) is 3.23. The van der Waals surface area contributed by atoms with E-state index in [0.29, 0.717) is 16.8 Å². The molecule has 1 fully saturated rings. The number of amides is 1. The molecule has 8 heteroatoms. The van der Waals surface area contributed by atoms with Gasteiger partial charge in [-0.3, -0.25) is 14.5 Å². The van der Waals surface area contributed by atoms with Crippen LogP contribution in [0.15, 0.2) is 36.5 Å². The maximum Gasteiger partial charge on any atom is 0.328 e. The number of carbonyl (C=O) groups excluding carboxylic acids is 1. The molecule has 2 aromatic rings. The van der Waals surface area contributed by atoms with Crippen LogP contribution in [0, 0.1) is 0 Å². The minimum Gasteiger partial charge on any atom is -0.480 e. The first-order valence-corrected chi connectivity index (χ1v) is 8.25. The number of likely N-dealkylation sites (tertiary alicyclic amines) is 1. The smallest absolute Gasteiger partial charge is 0.328 e. The number of fused-ring (bicyclic) bond motifs is 1. The summed E-state index contributed by atoms with van der Waals surface area (Å²) in [6.45, 7) is 1.52. The van der Waals surface area contributed by atoms with Crippen molar-refractivity contribution in [3.05, 3.63) is 42.1 Å². The predicted octanol–water partition coefficient (Wildman–Crippen LogP) is 1.97. The predicted molar refractivity (Wildman–Crippen MR) is 94.9 cm³/mol. The van der Waals surface area contributed by atoms with E-state index >= 15 is 0 Å². The van der Waals surface area contributed by atoms with Gasteiger partial charge in [0.15, 0.2) is 0 Å². The van der Waals surface area contributed by atoms with Crippen LogP contribution in [0.3, 0.4) is 0 Å². The lowest BCUT2D eigenvalue weighted by Gasteiger charge is -2.23. The van der Waals surface area contributed by atoms with Gasteiger partial charge < -0.3 is 20.5 Å². The molecule has 0 radical (unpaired) electrons. The number of anilines is 1. The zero-order chi connectivity index (χ0) is 18.7. The van der Waals surface area contributed by atoms with E-state index in [1.807, 2.05) is 4.90 Å². The van der Waals surface area contributed by atoms with Gasteiger partial charge in [-0.25, -0.2) is 4.79 Å². The van der Waals surface area contributed by atoms with Crippen molar-refractivity contribution in [2.45, 2.75) is 18.9 Å². The molecule has 0 saturated carbocycles. The number of carboxylic acid groups (broad SMARTS) is 2. The van der Waals surface area contributed by atoms with Gasteiger partial charge in [-0.2, -0.15) is 0 Å². The van der Waals surface area contributed by atoms with Crippen molar-refractivity contribution in [3.8, 4) is 0 Å². The second-order valence-electron chi connectivity index (χ2n) is 6.15. The van der Waals surface area contributed by atoms with E-state index in [4.69, 9.17) is 5.11 Å². The molecule has 1 amide bonds. The summed E-state index contributed by atoms with van der Waals surface area (Å²) < 4.78 is 0. The lowest BCUT2D eigenvalue weighted by atomic mass is 10.0. The Hall–Kier alpha value is -3.13. The van der Waals surface area contributed by atoms with Gasteiger partial charge in [0.1, 0.15) is 6.04 Å². The van der Waals surface area contributed by atoms with Crippen LogP contribution in [-0.4, -0.2) is 51.0 Å². The minimum atomic E-state index is -1.20. The van der Waals surface area contributed by atoms with Crippen LogP contribution in [0.25, 0.3) is 10.9 Å². The monoisotopic (exact) mass is 357 g/mol. The van der Waals surface area contributed by atoms with Crippen molar-refractivity contribution in [1.29, 1.82) is 0 Å². The number of H-pyrrole nitrogens is 1. The van der Waals surface area contributed by atoms with Crippen molar-refractivity contribution in [2.75, 3.05) is 18.4 Å². The Bertz CT molecular complexity index is 880. The molecule has 1 aromatic carbocycles. The van der Waals surface area contributed by atoms with E-state index in [1.54, 1.807) is 24.4 Å². The molecule has 2 heterocycles. The van der Waals surface area contributed by atoms with Crippen molar-refractivity contribution < 1.29 is 24.6 Å². The normalized spacial score (nSPS) is 16.2. The Balaban J connectivity index is 1.85. The third-order valence-corrected chi connectivity index (χ3v) is 4.39. The number of hydrogen-bond acceptors (Lipinski definition) is 4. The Labute approximate surface area is 149 Å². The molecular formula is C18H19N3O5. The molecule has 136 valence electrons. The van der Waals surface area contributed by atoms with Crippen LogP contribution in [0.5, 0.6) is 0 Å². The number of carbonyl (C=O) groups is 3. The molecule has 1 saturated heterocycles. The Morgan fingerprint density at radius 3 is 2.54 bits per heavy atom. The number of rotatable bonds is 6. The lowest BCUT2D eigenvalue weighted by Crippen LogP contribution is -2.31. The number of hydrogen-bond donors (Lipinski definition) is 4. The molecular weight excluding hydrogens is 338 g/mol. The van der Waals surface area contributed by atoms with E-state index < -0.39 is 23.9 Å². The fourth-order valence-electron chi connectivity index (χ4n) is 3.27. The summed E-state index contributed by atoms with van der Waals surface area (Å²) in [4.78, 5) is 38.9. The van der Waals surface area contributed by atoms with Crippen LogP contribution in [0.1, 0.15) is 24.4 Å². The summed E-state index contributed by atoms with van der Waals surface area (Å²) in [7, 11) is 0. The summed E-state index contributed by atoms with van der Waals surface area (Å²) >= 11 is 0. The highest BCUT2D eigenvalue weighted by Crippen LogP contribution is 2.32. The number of aromatic nitrogens is 1. The second kappa shape index (κ2) is 7.40. The molecule has 3 rings (SSSR count). The SMILES string of the molecule is O=C(O)/C=C/C(=O)Nc1ccc2c(C(C(=O)O)N3CCCC3)c[nH]c2c1. The van der Waals surface area contributed by atoms with Gasteiger partial charge in [0.25, 0.3) is 0 Å². The fraction of sp³-hybridized carbons (Fsp3) is 0.278. The van der Waals surface area contributed by atoms with Crippen molar-refractivity contribution in [3.63, 3.8) is 0 Å². The summed E-state index contributed by atoms with van der Waals surface area (Å²) in [6.07, 6.45) is 5.37. The van der Waals surface area contributed by atoms with E-state index in [2.05, 4.69) is 10.3 Å². The fourth-order valence-corrected chi connectivity index (χ4v) is 3.27. The van der Waals surface area contributed by atoms with Crippen LogP contribution >= 0.6 is 0 Å². The summed E-state index contributed by atoms with van der Waals surface area (Å²) in [5, 5.41) is 21.6. The van der Waals surface area contributed by atoms with Crippen molar-refractivity contribution >= 4 is 34.4 Å². The Morgan fingerprint density at radius 1 is 1.15 bits per heavy atom. The molecule has 0 spiro atoms. The number of aromatic amines is 1. The highest BCUT2D eigenvalue weighted by molar-refractivity contribution is 6.03. The summed E-state index contributed by atoms with van der Waals surface area (Å²) in [6, 6.07) is 4.40. The van der Waals surface area contributed by atoms with E-state index in [-0.39, 0.29) is 0 Å². The van der Waals surface area contributed by atoms with Crippen LogP contribution < -0.4 is 5.32 Å². The van der Waals surface area contributed by atoms with Gasteiger partial charge in [-0.1, -0.05) is 6.07 Å². The van der Waals surface area contributed by atoms with Crippen LogP contribution in [0.4, 0.5) is 5.69 Å². The quantitative estimate of drug-likeness (QED) is 0.586.